The Kier molecular flexibility index (Phi) is 5.50. The highest BCUT2D eigenvalue weighted by Crippen LogP contribution is 2.20. The van der Waals surface area contributed by atoms with Gasteiger partial charge in [0.2, 0.25) is 5.91 Å². The fourth-order valence-electron chi connectivity index (χ4n) is 3.79. The highest BCUT2D eigenvalue weighted by molar-refractivity contribution is 5.78. The van der Waals surface area contributed by atoms with Gasteiger partial charge in [0.1, 0.15) is 0 Å². The summed E-state index contributed by atoms with van der Waals surface area (Å²) in [5, 5.41) is 0. The van der Waals surface area contributed by atoms with Gasteiger partial charge in [-0.3, -0.25) is 14.6 Å². The first kappa shape index (κ1) is 17.0. The third-order valence-corrected chi connectivity index (χ3v) is 5.07. The summed E-state index contributed by atoms with van der Waals surface area (Å²) in [5.74, 6) is 0.491. The molecule has 0 saturated carbocycles. The second kappa shape index (κ2) is 7.79. The van der Waals surface area contributed by atoms with E-state index in [2.05, 4.69) is 14.9 Å². The number of nitrogens with zero attached hydrogens (tertiary/aromatic N) is 2. The molecule has 1 aromatic heterocycles. The van der Waals surface area contributed by atoms with Crippen molar-refractivity contribution in [3.05, 3.63) is 32.6 Å². The number of hydrogen-bond donors (Lipinski definition) is 2. The van der Waals surface area contributed by atoms with Crippen LogP contribution in [-0.4, -0.2) is 58.4 Å². The minimum absolute atomic E-state index is 0.0316. The van der Waals surface area contributed by atoms with Gasteiger partial charge in [-0.15, -0.1) is 0 Å². The molecule has 1 atom stereocenters. The van der Waals surface area contributed by atoms with E-state index in [1.165, 1.54) is 45.0 Å². The third-order valence-electron chi connectivity index (χ3n) is 5.07. The lowest BCUT2D eigenvalue weighted by molar-refractivity contribution is -0.132. The zero-order valence-corrected chi connectivity index (χ0v) is 14.1. The summed E-state index contributed by atoms with van der Waals surface area (Å²) in [6.07, 6.45) is 7.47. The van der Waals surface area contributed by atoms with Crippen molar-refractivity contribution in [3.63, 3.8) is 0 Å². The summed E-state index contributed by atoms with van der Waals surface area (Å²) >= 11 is 0. The molecule has 0 unspecified atom stereocenters. The Labute approximate surface area is 141 Å². The van der Waals surface area contributed by atoms with Crippen LogP contribution in [-0.2, 0) is 11.2 Å². The molecule has 2 aliphatic heterocycles. The van der Waals surface area contributed by atoms with E-state index >= 15 is 0 Å². The average Bonchev–Trinajstić information content (AvgIpc) is 2.58. The number of rotatable bonds is 4. The van der Waals surface area contributed by atoms with E-state index in [4.69, 9.17) is 0 Å². The monoisotopic (exact) mass is 334 g/mol. The maximum atomic E-state index is 12.5. The van der Waals surface area contributed by atoms with Crippen molar-refractivity contribution in [1.29, 1.82) is 0 Å². The van der Waals surface area contributed by atoms with E-state index in [1.54, 1.807) is 0 Å². The number of H-pyrrole nitrogens is 2. The summed E-state index contributed by atoms with van der Waals surface area (Å²) in [4.78, 5) is 44.3. The number of amides is 1. The smallest absolute Gasteiger partial charge is 0.325 e. The molecule has 1 aromatic rings. The Morgan fingerprint density at radius 1 is 1.12 bits per heavy atom. The number of aromatic nitrogens is 2. The third kappa shape index (κ3) is 4.35. The lowest BCUT2D eigenvalue weighted by Crippen LogP contribution is -2.45. The number of nitrogens with one attached hydrogen (secondary N) is 2. The minimum atomic E-state index is -0.546. The fraction of sp³-hybridized carbons (Fsp3) is 0.706. The van der Waals surface area contributed by atoms with Crippen molar-refractivity contribution >= 4 is 5.91 Å². The number of carbonyl (C=O) groups excluding carboxylic acids is 1. The largest absolute Gasteiger partial charge is 0.342 e. The molecule has 3 rings (SSSR count). The van der Waals surface area contributed by atoms with Crippen LogP contribution in [0, 0.1) is 5.92 Å². The Bertz CT molecular complexity index is 675. The van der Waals surface area contributed by atoms with Gasteiger partial charge in [-0.1, -0.05) is 6.42 Å². The van der Waals surface area contributed by atoms with Crippen molar-refractivity contribution in [3.8, 4) is 0 Å². The van der Waals surface area contributed by atoms with Crippen LogP contribution in [0.2, 0.25) is 0 Å². The molecule has 2 fully saturated rings. The molecule has 0 bridgehead atoms. The van der Waals surface area contributed by atoms with Gasteiger partial charge in [0.15, 0.2) is 0 Å². The van der Waals surface area contributed by atoms with Gasteiger partial charge in [-0.05, 0) is 44.7 Å². The Morgan fingerprint density at radius 3 is 2.67 bits per heavy atom. The van der Waals surface area contributed by atoms with Crippen LogP contribution in [0.5, 0.6) is 0 Å². The molecule has 3 heterocycles. The van der Waals surface area contributed by atoms with Crippen LogP contribution in [0.15, 0.2) is 15.8 Å². The summed E-state index contributed by atoms with van der Waals surface area (Å²) in [5.41, 5.74) is -0.706. The quantitative estimate of drug-likeness (QED) is 0.830. The van der Waals surface area contributed by atoms with Crippen molar-refractivity contribution in [2.24, 2.45) is 5.92 Å². The SMILES string of the molecule is O=C(Cc1c[nH]c(=O)[nH]c1=O)N1CCC[C@H](CN2CCCCC2)C1. The second-order valence-electron chi connectivity index (χ2n) is 6.98. The highest BCUT2D eigenvalue weighted by Gasteiger charge is 2.26. The molecular weight excluding hydrogens is 308 g/mol. The van der Waals surface area contributed by atoms with Gasteiger partial charge >= 0.3 is 5.69 Å². The van der Waals surface area contributed by atoms with Crippen molar-refractivity contribution < 1.29 is 4.79 Å². The zero-order valence-electron chi connectivity index (χ0n) is 14.1. The minimum Gasteiger partial charge on any atom is -0.342 e. The predicted octanol–water partition coefficient (Wildman–Crippen LogP) is 0.330. The van der Waals surface area contributed by atoms with Crippen LogP contribution in [0.1, 0.15) is 37.7 Å². The maximum Gasteiger partial charge on any atom is 0.325 e. The predicted molar refractivity (Wildman–Crippen MR) is 91.0 cm³/mol. The lowest BCUT2D eigenvalue weighted by Gasteiger charge is -2.37. The molecule has 0 aliphatic carbocycles. The Balaban J connectivity index is 1.56. The number of likely N-dealkylation sites (tertiary alicyclic amines) is 2. The van der Waals surface area contributed by atoms with Crippen molar-refractivity contribution in [2.75, 3.05) is 32.7 Å². The van der Waals surface area contributed by atoms with Crippen LogP contribution >= 0.6 is 0 Å². The summed E-state index contributed by atoms with van der Waals surface area (Å²) in [6.45, 7) is 4.96. The van der Waals surface area contributed by atoms with E-state index in [0.717, 1.165) is 26.1 Å². The molecule has 7 nitrogen and oxygen atoms in total. The molecule has 7 heteroatoms. The molecule has 0 aromatic carbocycles. The molecule has 2 N–H and O–H groups in total. The number of carbonyl (C=O) groups is 1. The first-order valence-electron chi connectivity index (χ1n) is 8.93. The van der Waals surface area contributed by atoms with Crippen LogP contribution in [0.25, 0.3) is 0 Å². The number of piperidine rings is 2. The van der Waals surface area contributed by atoms with Crippen molar-refractivity contribution in [2.45, 2.75) is 38.5 Å². The first-order chi connectivity index (χ1) is 11.6. The molecule has 0 radical (unpaired) electrons. The molecule has 132 valence electrons. The number of hydrogen-bond acceptors (Lipinski definition) is 4. The lowest BCUT2D eigenvalue weighted by atomic mass is 9.96. The van der Waals surface area contributed by atoms with E-state index in [1.807, 2.05) is 4.90 Å². The molecule has 1 amide bonds. The second-order valence-corrected chi connectivity index (χ2v) is 6.98. The molecular formula is C17H26N4O3. The van der Waals surface area contributed by atoms with Gasteiger partial charge in [0, 0.05) is 31.4 Å². The fourth-order valence-corrected chi connectivity index (χ4v) is 3.79. The topological polar surface area (TPSA) is 89.3 Å². The highest BCUT2D eigenvalue weighted by atomic mass is 16.2. The first-order valence-corrected chi connectivity index (χ1v) is 8.93. The number of aromatic amines is 2. The van der Waals surface area contributed by atoms with E-state index < -0.39 is 11.2 Å². The van der Waals surface area contributed by atoms with Crippen LogP contribution in [0.4, 0.5) is 0 Å². The molecule has 0 spiro atoms. The average molecular weight is 334 g/mol. The summed E-state index contributed by atoms with van der Waals surface area (Å²) in [7, 11) is 0. The van der Waals surface area contributed by atoms with Gasteiger partial charge < -0.3 is 14.8 Å². The summed E-state index contributed by atoms with van der Waals surface area (Å²) in [6, 6.07) is 0. The molecule has 2 aliphatic rings. The van der Waals surface area contributed by atoms with E-state index in [0.29, 0.717) is 11.5 Å². The molecule has 2 saturated heterocycles. The molecule has 24 heavy (non-hydrogen) atoms. The van der Waals surface area contributed by atoms with Crippen molar-refractivity contribution in [1.82, 2.24) is 19.8 Å². The van der Waals surface area contributed by atoms with Gasteiger partial charge in [-0.2, -0.15) is 0 Å². The summed E-state index contributed by atoms with van der Waals surface area (Å²) < 4.78 is 0. The van der Waals surface area contributed by atoms with Crippen LogP contribution < -0.4 is 11.2 Å². The zero-order chi connectivity index (χ0) is 16.9. The van der Waals surface area contributed by atoms with Gasteiger partial charge in [-0.25, -0.2) is 4.79 Å². The Morgan fingerprint density at radius 2 is 1.92 bits per heavy atom. The van der Waals surface area contributed by atoms with Gasteiger partial charge in [0.05, 0.1) is 6.42 Å². The standard InChI is InChI=1S/C17H26N4O3/c22-15(9-14-10-18-17(24)19-16(14)23)21-8-4-5-13(12-21)11-20-6-2-1-3-7-20/h10,13H,1-9,11-12H2,(H2,18,19,23,24)/t13-/m1/s1. The van der Waals surface area contributed by atoms with Gasteiger partial charge in [0.25, 0.3) is 5.56 Å². The maximum absolute atomic E-state index is 12.5. The van der Waals surface area contributed by atoms with Crippen LogP contribution in [0.3, 0.4) is 0 Å². The van der Waals surface area contributed by atoms with E-state index in [9.17, 15) is 14.4 Å². The van der Waals surface area contributed by atoms with E-state index in [-0.39, 0.29) is 12.3 Å². The Hall–Kier alpha value is -1.89. The normalized spacial score (nSPS) is 22.5.